The molecule has 1 N–H and O–H groups in total. The van der Waals surface area contributed by atoms with Gasteiger partial charge >= 0.3 is 0 Å². The number of benzene rings is 2. The summed E-state index contributed by atoms with van der Waals surface area (Å²) in [5, 5.41) is 9.75. The molecule has 0 aliphatic carbocycles. The molecule has 3 nitrogen and oxygen atoms in total. The molecule has 0 spiro atoms. The van der Waals surface area contributed by atoms with Crippen molar-refractivity contribution in [1.82, 2.24) is 4.98 Å². The van der Waals surface area contributed by atoms with Crippen molar-refractivity contribution in [2.45, 2.75) is 19.1 Å². The van der Waals surface area contributed by atoms with Crippen LogP contribution < -0.4 is 4.74 Å². The molecule has 116 valence electrons. The normalized spacial score (nSPS) is 13.3. The van der Waals surface area contributed by atoms with Crippen LogP contribution in [-0.4, -0.2) is 10.1 Å². The van der Waals surface area contributed by atoms with Gasteiger partial charge in [-0.2, -0.15) is 0 Å². The Balaban J connectivity index is 1.95. The van der Waals surface area contributed by atoms with E-state index < -0.39 is 6.10 Å². The van der Waals surface area contributed by atoms with Crippen LogP contribution in [-0.2, 0) is 0 Å². The van der Waals surface area contributed by atoms with Crippen molar-refractivity contribution in [3.8, 4) is 5.75 Å². The fourth-order valence-electron chi connectivity index (χ4n) is 2.47. The predicted molar refractivity (Wildman–Crippen MR) is 90.2 cm³/mol. The quantitative estimate of drug-likeness (QED) is 0.764. The highest BCUT2D eigenvalue weighted by molar-refractivity contribution is 5.34. The van der Waals surface area contributed by atoms with Crippen LogP contribution in [0.5, 0.6) is 5.75 Å². The van der Waals surface area contributed by atoms with Gasteiger partial charge < -0.3 is 9.84 Å². The largest absolute Gasteiger partial charge is 0.481 e. The van der Waals surface area contributed by atoms with Crippen molar-refractivity contribution in [2.24, 2.45) is 0 Å². The zero-order valence-corrected chi connectivity index (χ0v) is 13.0. The third-order valence-electron chi connectivity index (χ3n) is 3.68. The summed E-state index contributed by atoms with van der Waals surface area (Å²) in [6, 6.07) is 21.5. The molecular weight excluding hydrogens is 286 g/mol. The highest BCUT2D eigenvalue weighted by Crippen LogP contribution is 2.29. The van der Waals surface area contributed by atoms with Crippen LogP contribution in [0, 0.1) is 0 Å². The lowest BCUT2D eigenvalue weighted by molar-refractivity contribution is 0.197. The zero-order chi connectivity index (χ0) is 16.1. The van der Waals surface area contributed by atoms with Gasteiger partial charge in [0.05, 0.1) is 6.10 Å². The number of rotatable bonds is 5. The van der Waals surface area contributed by atoms with E-state index in [9.17, 15) is 5.11 Å². The van der Waals surface area contributed by atoms with Crippen molar-refractivity contribution in [3.63, 3.8) is 0 Å². The monoisotopic (exact) mass is 305 g/mol. The topological polar surface area (TPSA) is 42.4 Å². The first-order chi connectivity index (χ1) is 11.2. The maximum atomic E-state index is 9.75. The van der Waals surface area contributed by atoms with Crippen molar-refractivity contribution >= 4 is 0 Å². The molecule has 3 rings (SSSR count). The van der Waals surface area contributed by atoms with E-state index >= 15 is 0 Å². The van der Waals surface area contributed by atoms with Crippen LogP contribution >= 0.6 is 0 Å². The van der Waals surface area contributed by atoms with Gasteiger partial charge in [0.1, 0.15) is 5.75 Å². The molecule has 0 fully saturated rings. The lowest BCUT2D eigenvalue weighted by Gasteiger charge is -2.20. The second kappa shape index (κ2) is 7.07. The van der Waals surface area contributed by atoms with Gasteiger partial charge in [-0.25, -0.2) is 0 Å². The Hall–Kier alpha value is -2.65. The Labute approximate surface area is 136 Å². The minimum atomic E-state index is -0.521. The first-order valence-corrected chi connectivity index (χ1v) is 7.63. The van der Waals surface area contributed by atoms with E-state index in [1.54, 1.807) is 13.1 Å². The molecule has 23 heavy (non-hydrogen) atoms. The summed E-state index contributed by atoms with van der Waals surface area (Å²) in [6.07, 6.45) is 2.80. The van der Waals surface area contributed by atoms with Crippen LogP contribution in [0.3, 0.4) is 0 Å². The van der Waals surface area contributed by atoms with Crippen LogP contribution in [0.4, 0.5) is 0 Å². The number of aliphatic hydroxyl groups excluding tert-OH is 1. The van der Waals surface area contributed by atoms with Crippen molar-refractivity contribution in [3.05, 3.63) is 95.8 Å². The molecule has 3 aromatic rings. The molecule has 3 heteroatoms. The summed E-state index contributed by atoms with van der Waals surface area (Å²) in [7, 11) is 0. The SMILES string of the molecule is CC(O)c1cccc(OC(c2ccccc2)c2cccnc2)c1. The summed E-state index contributed by atoms with van der Waals surface area (Å²) in [6.45, 7) is 1.74. The third kappa shape index (κ3) is 3.76. The van der Waals surface area contributed by atoms with Gasteiger partial charge in [-0.3, -0.25) is 4.98 Å². The molecular formula is C20H19NO2. The number of aliphatic hydroxyl groups is 1. The Kier molecular flexibility index (Phi) is 4.69. The molecule has 1 aromatic heterocycles. The van der Waals surface area contributed by atoms with Gasteiger partial charge in [0.25, 0.3) is 0 Å². The fraction of sp³-hybridized carbons (Fsp3) is 0.150. The first-order valence-electron chi connectivity index (χ1n) is 7.63. The fourth-order valence-corrected chi connectivity index (χ4v) is 2.47. The van der Waals surface area contributed by atoms with Crippen LogP contribution in [0.1, 0.15) is 35.8 Å². The van der Waals surface area contributed by atoms with E-state index in [1.165, 1.54) is 0 Å². The van der Waals surface area contributed by atoms with E-state index in [0.29, 0.717) is 0 Å². The lowest BCUT2D eigenvalue weighted by atomic mass is 10.0. The average Bonchev–Trinajstić information content (AvgIpc) is 2.61. The molecule has 0 aliphatic heterocycles. The standard InChI is InChI=1S/C20H19NO2/c1-15(22)17-9-5-11-19(13-17)23-20(16-7-3-2-4-8-16)18-10-6-12-21-14-18/h2-15,20,22H,1H3. The Morgan fingerprint density at radius 2 is 1.61 bits per heavy atom. The molecule has 0 bridgehead atoms. The number of nitrogens with zero attached hydrogens (tertiary/aromatic N) is 1. The summed E-state index contributed by atoms with van der Waals surface area (Å²) in [4.78, 5) is 4.20. The van der Waals surface area contributed by atoms with Gasteiger partial charge in [-0.1, -0.05) is 48.5 Å². The highest BCUT2D eigenvalue weighted by Gasteiger charge is 2.16. The van der Waals surface area contributed by atoms with E-state index in [-0.39, 0.29) is 6.10 Å². The first kappa shape index (κ1) is 15.3. The van der Waals surface area contributed by atoms with E-state index in [4.69, 9.17) is 4.74 Å². The number of hydrogen-bond acceptors (Lipinski definition) is 3. The summed E-state index contributed by atoms with van der Waals surface area (Å²) >= 11 is 0. The number of aromatic nitrogens is 1. The maximum Gasteiger partial charge on any atom is 0.150 e. The smallest absolute Gasteiger partial charge is 0.150 e. The van der Waals surface area contributed by atoms with Gasteiger partial charge in [0.2, 0.25) is 0 Å². The average molecular weight is 305 g/mol. The molecule has 0 amide bonds. The number of hydrogen-bond donors (Lipinski definition) is 1. The van der Waals surface area contributed by atoms with E-state index in [1.807, 2.05) is 72.9 Å². The predicted octanol–water partition coefficient (Wildman–Crippen LogP) is 4.30. The molecule has 2 atom stereocenters. The van der Waals surface area contributed by atoms with Gasteiger partial charge in [0.15, 0.2) is 6.10 Å². The molecule has 0 saturated carbocycles. The van der Waals surface area contributed by atoms with Gasteiger partial charge in [-0.05, 0) is 36.2 Å². The van der Waals surface area contributed by atoms with Crippen LogP contribution in [0.25, 0.3) is 0 Å². The maximum absolute atomic E-state index is 9.75. The summed E-state index contributed by atoms with van der Waals surface area (Å²) < 4.78 is 6.23. The Morgan fingerprint density at radius 3 is 2.30 bits per heavy atom. The number of ether oxygens (including phenoxy) is 1. The summed E-state index contributed by atoms with van der Waals surface area (Å²) in [5.41, 5.74) is 2.88. The zero-order valence-electron chi connectivity index (χ0n) is 13.0. The molecule has 2 unspecified atom stereocenters. The number of pyridine rings is 1. The second-order valence-electron chi connectivity index (χ2n) is 5.44. The minimum Gasteiger partial charge on any atom is -0.481 e. The van der Waals surface area contributed by atoms with Crippen molar-refractivity contribution in [2.75, 3.05) is 0 Å². The van der Waals surface area contributed by atoms with Crippen molar-refractivity contribution < 1.29 is 9.84 Å². The minimum absolute atomic E-state index is 0.242. The molecule has 0 radical (unpaired) electrons. The molecule has 2 aromatic carbocycles. The van der Waals surface area contributed by atoms with Gasteiger partial charge in [0, 0.05) is 18.0 Å². The molecule has 1 heterocycles. The highest BCUT2D eigenvalue weighted by atomic mass is 16.5. The molecule has 0 aliphatic rings. The third-order valence-corrected chi connectivity index (χ3v) is 3.68. The van der Waals surface area contributed by atoms with Crippen molar-refractivity contribution in [1.29, 1.82) is 0 Å². The van der Waals surface area contributed by atoms with E-state index in [2.05, 4.69) is 4.98 Å². The van der Waals surface area contributed by atoms with Gasteiger partial charge in [-0.15, -0.1) is 0 Å². The summed E-state index contributed by atoms with van der Waals surface area (Å²) in [5.74, 6) is 0.723. The van der Waals surface area contributed by atoms with E-state index in [0.717, 1.165) is 22.4 Å². The second-order valence-corrected chi connectivity index (χ2v) is 5.44. The Morgan fingerprint density at radius 1 is 0.870 bits per heavy atom. The van der Waals surface area contributed by atoms with Crippen LogP contribution in [0.15, 0.2) is 79.1 Å². The molecule has 0 saturated heterocycles. The van der Waals surface area contributed by atoms with Crippen LogP contribution in [0.2, 0.25) is 0 Å². The Bertz CT molecular complexity index is 702. The lowest BCUT2D eigenvalue weighted by Crippen LogP contribution is -2.10.